The monoisotopic (exact) mass is 497 g/mol. The number of nitriles is 1. The number of ether oxygens (including phenoxy) is 1. The minimum atomic E-state index is -0.712. The average molecular weight is 498 g/mol. The summed E-state index contributed by atoms with van der Waals surface area (Å²) in [6.07, 6.45) is 5.42. The van der Waals surface area contributed by atoms with Gasteiger partial charge in [-0.2, -0.15) is 5.26 Å². The fraction of sp³-hybridized carbons (Fsp3) is 0.310. The molecule has 1 saturated heterocycles. The molecule has 1 unspecified atom stereocenters. The van der Waals surface area contributed by atoms with Gasteiger partial charge in [0.05, 0.1) is 29.6 Å². The van der Waals surface area contributed by atoms with Crippen molar-refractivity contribution in [2.75, 3.05) is 23.8 Å². The Morgan fingerprint density at radius 1 is 1.11 bits per heavy atom. The van der Waals surface area contributed by atoms with E-state index in [4.69, 9.17) is 4.74 Å². The van der Waals surface area contributed by atoms with Crippen LogP contribution >= 0.6 is 0 Å². The molecule has 37 heavy (non-hydrogen) atoms. The second-order valence-electron chi connectivity index (χ2n) is 9.77. The molecule has 2 amide bonds. The molecule has 2 aromatic carbocycles. The van der Waals surface area contributed by atoms with Gasteiger partial charge in [-0.05, 0) is 75.5 Å². The van der Waals surface area contributed by atoms with Crippen molar-refractivity contribution in [3.8, 4) is 11.8 Å². The topological polar surface area (TPSA) is 116 Å². The number of nitrogens with one attached hydrogen (secondary N) is 3. The Morgan fingerprint density at radius 3 is 2.68 bits per heavy atom. The maximum atomic E-state index is 13.1. The second kappa shape index (κ2) is 11.2. The van der Waals surface area contributed by atoms with Crippen LogP contribution in [-0.4, -0.2) is 36.0 Å². The van der Waals surface area contributed by atoms with Crippen LogP contribution in [0.15, 0.2) is 60.9 Å². The maximum Gasteiger partial charge on any atom is 0.256 e. The summed E-state index contributed by atoms with van der Waals surface area (Å²) in [5.41, 5.74) is 2.68. The first kappa shape index (κ1) is 25.9. The van der Waals surface area contributed by atoms with Gasteiger partial charge in [-0.3, -0.25) is 14.6 Å². The second-order valence-corrected chi connectivity index (χ2v) is 9.77. The highest BCUT2D eigenvalue weighted by atomic mass is 16.5. The third kappa shape index (κ3) is 6.51. The molecule has 8 nitrogen and oxygen atoms in total. The maximum absolute atomic E-state index is 13.1. The van der Waals surface area contributed by atoms with Gasteiger partial charge >= 0.3 is 0 Å². The summed E-state index contributed by atoms with van der Waals surface area (Å²) in [5.74, 6) is -0.0505. The van der Waals surface area contributed by atoms with E-state index in [-0.39, 0.29) is 11.8 Å². The van der Waals surface area contributed by atoms with Gasteiger partial charge in [0.1, 0.15) is 12.4 Å². The Balaban J connectivity index is 1.44. The number of carbonyl (C=O) groups is 2. The number of hydrogen-bond donors (Lipinski definition) is 3. The van der Waals surface area contributed by atoms with E-state index in [2.05, 4.69) is 27.0 Å². The molecule has 8 heteroatoms. The zero-order chi connectivity index (χ0) is 26.4. The fourth-order valence-electron chi connectivity index (χ4n) is 4.12. The summed E-state index contributed by atoms with van der Waals surface area (Å²) < 4.78 is 5.84. The predicted octanol–water partition coefficient (Wildman–Crippen LogP) is 4.83. The van der Waals surface area contributed by atoms with Crippen LogP contribution in [0.4, 0.5) is 11.4 Å². The lowest BCUT2D eigenvalue weighted by Gasteiger charge is -2.16. The molecule has 1 atom stereocenters. The normalized spacial score (nSPS) is 15.0. The van der Waals surface area contributed by atoms with Crippen LogP contribution < -0.4 is 20.7 Å². The van der Waals surface area contributed by atoms with Crippen molar-refractivity contribution in [2.45, 2.75) is 45.1 Å². The molecule has 190 valence electrons. The molecule has 1 aromatic heterocycles. The van der Waals surface area contributed by atoms with E-state index in [1.807, 2.05) is 13.0 Å². The number of aryl methyl sites for hydroxylation is 1. The molecular formula is C29H31N5O3. The number of hydrogen-bond acceptors (Lipinski definition) is 6. The number of anilines is 2. The van der Waals surface area contributed by atoms with Crippen molar-refractivity contribution in [3.05, 3.63) is 83.2 Å². The number of benzene rings is 2. The standard InChI is InChI=1S/C29H31N5O3/c1-19-9-10-22(33-27(35)20-6-4-7-21(12-20)29(2,3)18-30)14-26(19)28(36)34-24-13-25(16-31-15-24)37-17-23-8-5-11-32-23/h4,6-7,9-10,12-16,23,32H,5,8,11,17H2,1-3H3,(H,33,35)(H,34,36). The lowest BCUT2D eigenvalue weighted by Crippen LogP contribution is -2.28. The highest BCUT2D eigenvalue weighted by Gasteiger charge is 2.21. The van der Waals surface area contributed by atoms with E-state index in [0.29, 0.717) is 40.9 Å². The third-order valence-corrected chi connectivity index (χ3v) is 6.45. The summed E-state index contributed by atoms with van der Waals surface area (Å²) >= 11 is 0. The molecule has 0 spiro atoms. The van der Waals surface area contributed by atoms with E-state index in [1.54, 1.807) is 68.7 Å². The predicted molar refractivity (Wildman–Crippen MR) is 143 cm³/mol. The molecule has 3 N–H and O–H groups in total. The zero-order valence-corrected chi connectivity index (χ0v) is 21.3. The minimum Gasteiger partial charge on any atom is -0.490 e. The number of rotatable bonds is 8. The molecule has 1 fully saturated rings. The van der Waals surface area contributed by atoms with Gasteiger partial charge in [0, 0.05) is 28.9 Å². The molecule has 1 aliphatic heterocycles. The molecule has 4 rings (SSSR count). The van der Waals surface area contributed by atoms with Crippen LogP contribution in [0.5, 0.6) is 5.75 Å². The number of pyridine rings is 1. The van der Waals surface area contributed by atoms with E-state index < -0.39 is 5.41 Å². The van der Waals surface area contributed by atoms with Gasteiger partial charge in [0.25, 0.3) is 11.8 Å². The quantitative estimate of drug-likeness (QED) is 0.411. The molecule has 2 heterocycles. The Morgan fingerprint density at radius 2 is 1.92 bits per heavy atom. The van der Waals surface area contributed by atoms with Crippen molar-refractivity contribution in [1.82, 2.24) is 10.3 Å². The van der Waals surface area contributed by atoms with E-state index >= 15 is 0 Å². The number of carbonyl (C=O) groups excluding carboxylic acids is 2. The Hall–Kier alpha value is -4.22. The SMILES string of the molecule is Cc1ccc(NC(=O)c2cccc(C(C)(C)C#N)c2)cc1C(=O)Nc1cncc(OCC2CCCN2)c1. The summed E-state index contributed by atoms with van der Waals surface area (Å²) in [4.78, 5) is 30.2. The van der Waals surface area contributed by atoms with E-state index in [1.165, 1.54) is 0 Å². The highest BCUT2D eigenvalue weighted by molar-refractivity contribution is 6.08. The average Bonchev–Trinajstić information content (AvgIpc) is 3.42. The zero-order valence-electron chi connectivity index (χ0n) is 21.3. The summed E-state index contributed by atoms with van der Waals surface area (Å²) in [6.45, 7) is 7.00. The molecule has 1 aliphatic rings. The van der Waals surface area contributed by atoms with Crippen LogP contribution in [0.1, 0.15) is 58.5 Å². The Kier molecular flexibility index (Phi) is 7.85. The van der Waals surface area contributed by atoms with Crippen LogP contribution in [0, 0.1) is 18.3 Å². The van der Waals surface area contributed by atoms with Crippen LogP contribution in [0.3, 0.4) is 0 Å². The fourth-order valence-corrected chi connectivity index (χ4v) is 4.12. The number of amides is 2. The van der Waals surface area contributed by atoms with Gasteiger partial charge in [-0.1, -0.05) is 18.2 Å². The minimum absolute atomic E-state index is 0.317. The first-order chi connectivity index (χ1) is 17.7. The van der Waals surface area contributed by atoms with Gasteiger partial charge in [0.2, 0.25) is 0 Å². The van der Waals surface area contributed by atoms with Crippen molar-refractivity contribution in [1.29, 1.82) is 5.26 Å². The van der Waals surface area contributed by atoms with E-state index in [9.17, 15) is 14.9 Å². The number of aromatic nitrogens is 1. The molecule has 3 aromatic rings. The van der Waals surface area contributed by atoms with Crippen LogP contribution in [0.25, 0.3) is 0 Å². The molecular weight excluding hydrogens is 466 g/mol. The highest BCUT2D eigenvalue weighted by Crippen LogP contribution is 2.24. The van der Waals surface area contributed by atoms with Gasteiger partial charge in [-0.15, -0.1) is 0 Å². The van der Waals surface area contributed by atoms with Gasteiger partial charge in [-0.25, -0.2) is 0 Å². The largest absolute Gasteiger partial charge is 0.490 e. The molecule has 0 aliphatic carbocycles. The summed E-state index contributed by atoms with van der Waals surface area (Å²) in [5, 5.41) is 18.5. The third-order valence-electron chi connectivity index (χ3n) is 6.45. The first-order valence-electron chi connectivity index (χ1n) is 12.3. The Bertz CT molecular complexity index is 1340. The van der Waals surface area contributed by atoms with Gasteiger partial charge < -0.3 is 20.7 Å². The summed E-state index contributed by atoms with van der Waals surface area (Å²) in [6, 6.07) is 16.5. The van der Waals surface area contributed by atoms with Crippen molar-refractivity contribution < 1.29 is 14.3 Å². The smallest absolute Gasteiger partial charge is 0.256 e. The summed E-state index contributed by atoms with van der Waals surface area (Å²) in [7, 11) is 0. The van der Waals surface area contributed by atoms with E-state index in [0.717, 1.165) is 30.5 Å². The first-order valence-corrected chi connectivity index (χ1v) is 12.3. The lowest BCUT2D eigenvalue weighted by atomic mass is 9.85. The van der Waals surface area contributed by atoms with Gasteiger partial charge in [0.15, 0.2) is 0 Å². The van der Waals surface area contributed by atoms with Crippen LogP contribution in [-0.2, 0) is 5.41 Å². The molecule has 0 radical (unpaired) electrons. The van der Waals surface area contributed by atoms with Crippen molar-refractivity contribution in [2.24, 2.45) is 0 Å². The molecule has 0 bridgehead atoms. The van der Waals surface area contributed by atoms with Crippen LogP contribution in [0.2, 0.25) is 0 Å². The Labute approximate surface area is 217 Å². The molecule has 0 saturated carbocycles. The van der Waals surface area contributed by atoms with Crippen molar-refractivity contribution >= 4 is 23.2 Å². The number of nitrogens with zero attached hydrogens (tertiary/aromatic N) is 2. The lowest BCUT2D eigenvalue weighted by molar-refractivity contribution is 0.101. The van der Waals surface area contributed by atoms with Crippen molar-refractivity contribution in [3.63, 3.8) is 0 Å².